The number of carbonyl (C=O) groups excluding carboxylic acids is 2. The molecule has 0 amide bonds. The van der Waals surface area contributed by atoms with E-state index in [1.807, 2.05) is 13.8 Å². The van der Waals surface area contributed by atoms with Crippen LogP contribution < -0.4 is 0 Å². The fourth-order valence-corrected chi connectivity index (χ4v) is 0.913. The Morgan fingerprint density at radius 3 is 2.18 bits per heavy atom. The van der Waals surface area contributed by atoms with Gasteiger partial charge in [0.15, 0.2) is 0 Å². The Labute approximate surface area is 68.0 Å². The van der Waals surface area contributed by atoms with Crippen LogP contribution in [0.5, 0.6) is 0 Å². The van der Waals surface area contributed by atoms with E-state index in [9.17, 15) is 9.59 Å². The van der Waals surface area contributed by atoms with Crippen LogP contribution in [-0.4, -0.2) is 12.6 Å². The molecule has 0 aromatic rings. The first-order valence-corrected chi connectivity index (χ1v) is 4.15. The van der Waals surface area contributed by atoms with Gasteiger partial charge in [-0.25, -0.2) is 0 Å². The van der Waals surface area contributed by atoms with Crippen molar-refractivity contribution in [1.29, 1.82) is 0 Å². The molecule has 2 unspecified atom stereocenters. The Morgan fingerprint density at radius 2 is 1.82 bits per heavy atom. The van der Waals surface area contributed by atoms with E-state index in [2.05, 4.69) is 0 Å². The predicted molar refractivity (Wildman–Crippen MR) is 44.3 cm³/mol. The van der Waals surface area contributed by atoms with Crippen LogP contribution in [0.25, 0.3) is 0 Å². The fourth-order valence-electron chi connectivity index (χ4n) is 0.913. The van der Waals surface area contributed by atoms with E-state index >= 15 is 0 Å². The SMILES string of the molecule is CCC(C=O)CCC(C)C=O. The predicted octanol–water partition coefficient (Wildman–Crippen LogP) is 1.83. The maximum atomic E-state index is 10.3. The molecule has 0 saturated heterocycles. The molecule has 0 spiro atoms. The van der Waals surface area contributed by atoms with Crippen molar-refractivity contribution in [1.82, 2.24) is 0 Å². The lowest BCUT2D eigenvalue weighted by atomic mass is 9.97. The number of hydrogen-bond acceptors (Lipinski definition) is 2. The molecular weight excluding hydrogens is 140 g/mol. The molecule has 0 aliphatic carbocycles. The minimum Gasteiger partial charge on any atom is -0.303 e. The van der Waals surface area contributed by atoms with Crippen LogP contribution >= 0.6 is 0 Å². The Hall–Kier alpha value is -0.660. The summed E-state index contributed by atoms with van der Waals surface area (Å²) in [5.74, 6) is 0.251. The minimum absolute atomic E-state index is 0.101. The zero-order valence-electron chi connectivity index (χ0n) is 7.25. The van der Waals surface area contributed by atoms with Crippen LogP contribution in [0.4, 0.5) is 0 Å². The maximum Gasteiger partial charge on any atom is 0.123 e. The number of rotatable bonds is 6. The van der Waals surface area contributed by atoms with Crippen molar-refractivity contribution >= 4 is 12.6 Å². The zero-order valence-corrected chi connectivity index (χ0v) is 7.25. The summed E-state index contributed by atoms with van der Waals surface area (Å²) in [6.07, 6.45) is 4.49. The van der Waals surface area contributed by atoms with Crippen molar-refractivity contribution < 1.29 is 9.59 Å². The molecule has 0 aromatic carbocycles. The monoisotopic (exact) mass is 156 g/mol. The third-order valence-electron chi connectivity index (χ3n) is 1.94. The molecule has 0 fully saturated rings. The van der Waals surface area contributed by atoms with Gasteiger partial charge in [0.2, 0.25) is 0 Å². The summed E-state index contributed by atoms with van der Waals surface area (Å²) < 4.78 is 0. The summed E-state index contributed by atoms with van der Waals surface area (Å²) in [7, 11) is 0. The maximum absolute atomic E-state index is 10.3. The number of aldehydes is 2. The fraction of sp³-hybridized carbons (Fsp3) is 0.778. The van der Waals surface area contributed by atoms with E-state index in [1.54, 1.807) is 0 Å². The van der Waals surface area contributed by atoms with E-state index in [-0.39, 0.29) is 11.8 Å². The van der Waals surface area contributed by atoms with Crippen molar-refractivity contribution in [2.45, 2.75) is 33.1 Å². The third kappa shape index (κ3) is 4.71. The summed E-state index contributed by atoms with van der Waals surface area (Å²) in [4.78, 5) is 20.6. The topological polar surface area (TPSA) is 34.1 Å². The van der Waals surface area contributed by atoms with Gasteiger partial charge in [-0.05, 0) is 19.3 Å². The molecule has 2 atom stereocenters. The smallest absolute Gasteiger partial charge is 0.123 e. The van der Waals surface area contributed by atoms with Crippen molar-refractivity contribution in [3.05, 3.63) is 0 Å². The molecule has 0 saturated carbocycles. The molecule has 0 N–H and O–H groups in total. The van der Waals surface area contributed by atoms with Gasteiger partial charge in [0.1, 0.15) is 12.6 Å². The van der Waals surface area contributed by atoms with E-state index < -0.39 is 0 Å². The first-order valence-electron chi connectivity index (χ1n) is 4.15. The summed E-state index contributed by atoms with van der Waals surface area (Å²) >= 11 is 0. The summed E-state index contributed by atoms with van der Waals surface area (Å²) in [5, 5.41) is 0. The molecule has 0 radical (unpaired) electrons. The van der Waals surface area contributed by atoms with Gasteiger partial charge in [-0.1, -0.05) is 13.8 Å². The highest BCUT2D eigenvalue weighted by Crippen LogP contribution is 2.11. The van der Waals surface area contributed by atoms with E-state index in [4.69, 9.17) is 0 Å². The summed E-state index contributed by atoms with van der Waals surface area (Å²) in [5.41, 5.74) is 0. The van der Waals surface area contributed by atoms with Crippen LogP contribution in [0.3, 0.4) is 0 Å². The van der Waals surface area contributed by atoms with Crippen LogP contribution in [0.15, 0.2) is 0 Å². The Bertz CT molecular complexity index is 121. The largest absolute Gasteiger partial charge is 0.303 e. The van der Waals surface area contributed by atoms with Crippen molar-refractivity contribution in [3.63, 3.8) is 0 Å². The quantitative estimate of drug-likeness (QED) is 0.550. The lowest BCUT2D eigenvalue weighted by molar-refractivity contribution is -0.113. The molecule has 2 heteroatoms. The van der Waals surface area contributed by atoms with Crippen LogP contribution in [-0.2, 0) is 9.59 Å². The van der Waals surface area contributed by atoms with E-state index in [0.717, 1.165) is 31.8 Å². The second-order valence-electron chi connectivity index (χ2n) is 3.00. The van der Waals surface area contributed by atoms with Gasteiger partial charge >= 0.3 is 0 Å². The van der Waals surface area contributed by atoms with Gasteiger partial charge in [-0.3, -0.25) is 0 Å². The molecule has 0 heterocycles. The van der Waals surface area contributed by atoms with Gasteiger partial charge in [-0.2, -0.15) is 0 Å². The van der Waals surface area contributed by atoms with Crippen molar-refractivity contribution in [2.24, 2.45) is 11.8 Å². The highest BCUT2D eigenvalue weighted by Gasteiger charge is 2.06. The normalized spacial score (nSPS) is 15.5. The van der Waals surface area contributed by atoms with E-state index in [0.29, 0.717) is 0 Å². The number of carbonyl (C=O) groups is 2. The van der Waals surface area contributed by atoms with Crippen LogP contribution in [0, 0.1) is 11.8 Å². The molecule has 0 bridgehead atoms. The molecule has 0 rings (SSSR count). The Balaban J connectivity index is 3.49. The highest BCUT2D eigenvalue weighted by atomic mass is 16.1. The van der Waals surface area contributed by atoms with Crippen molar-refractivity contribution in [3.8, 4) is 0 Å². The Morgan fingerprint density at radius 1 is 1.18 bits per heavy atom. The minimum atomic E-state index is 0.101. The van der Waals surface area contributed by atoms with Gasteiger partial charge in [0.25, 0.3) is 0 Å². The van der Waals surface area contributed by atoms with Gasteiger partial charge < -0.3 is 9.59 Å². The second-order valence-corrected chi connectivity index (χ2v) is 3.00. The van der Waals surface area contributed by atoms with Crippen LogP contribution in [0.2, 0.25) is 0 Å². The third-order valence-corrected chi connectivity index (χ3v) is 1.94. The first-order chi connectivity index (χ1) is 5.24. The lowest BCUT2D eigenvalue weighted by Gasteiger charge is -2.07. The molecule has 0 aromatic heterocycles. The van der Waals surface area contributed by atoms with Gasteiger partial charge in [-0.15, -0.1) is 0 Å². The average molecular weight is 156 g/mol. The number of hydrogen-bond donors (Lipinski definition) is 0. The molecule has 64 valence electrons. The highest BCUT2D eigenvalue weighted by molar-refractivity contribution is 5.54. The average Bonchev–Trinajstić information content (AvgIpc) is 2.06. The summed E-state index contributed by atoms with van der Waals surface area (Å²) in [6, 6.07) is 0. The molecular formula is C9H16O2. The lowest BCUT2D eigenvalue weighted by Crippen LogP contribution is -2.04. The van der Waals surface area contributed by atoms with Gasteiger partial charge in [0.05, 0.1) is 0 Å². The second kappa shape index (κ2) is 6.08. The zero-order chi connectivity index (χ0) is 8.69. The van der Waals surface area contributed by atoms with Crippen molar-refractivity contribution in [2.75, 3.05) is 0 Å². The Kier molecular flexibility index (Phi) is 5.71. The molecule has 2 nitrogen and oxygen atoms in total. The van der Waals surface area contributed by atoms with Gasteiger partial charge in [0, 0.05) is 11.8 Å². The standard InChI is InChI=1S/C9H16O2/c1-3-9(7-11)5-4-8(2)6-10/h6-9H,3-5H2,1-2H3. The van der Waals surface area contributed by atoms with E-state index in [1.165, 1.54) is 0 Å². The summed E-state index contributed by atoms with van der Waals surface area (Å²) in [6.45, 7) is 3.87. The molecule has 11 heavy (non-hydrogen) atoms. The first kappa shape index (κ1) is 10.3. The molecule has 0 aliphatic rings. The molecule has 0 aliphatic heterocycles. The van der Waals surface area contributed by atoms with Crippen LogP contribution in [0.1, 0.15) is 33.1 Å².